The summed E-state index contributed by atoms with van der Waals surface area (Å²) in [5.41, 5.74) is 1.96. The Morgan fingerprint density at radius 3 is 2.62 bits per heavy atom. The molecule has 3 nitrogen and oxygen atoms in total. The van der Waals surface area contributed by atoms with Crippen LogP contribution in [0.1, 0.15) is 36.0 Å². The number of fused-ring (bicyclic) bond motifs is 3. The average molecular weight is 301 g/mol. The largest absolute Gasteiger partial charge is 0.351 e. The lowest BCUT2D eigenvalue weighted by Gasteiger charge is -2.26. The summed E-state index contributed by atoms with van der Waals surface area (Å²) >= 11 is 0. The summed E-state index contributed by atoms with van der Waals surface area (Å²) in [5.74, 6) is 0.315. The molecule has 0 saturated carbocycles. The maximum absolute atomic E-state index is 12.8. The lowest BCUT2D eigenvalue weighted by Crippen LogP contribution is -2.32. The maximum atomic E-state index is 12.8. The van der Waals surface area contributed by atoms with Crippen LogP contribution in [0.5, 0.6) is 0 Å². The second kappa shape index (κ2) is 4.80. The quantitative estimate of drug-likeness (QED) is 0.800. The van der Waals surface area contributed by atoms with Gasteiger partial charge in [0.2, 0.25) is 0 Å². The molecule has 0 spiro atoms. The van der Waals surface area contributed by atoms with E-state index in [2.05, 4.69) is 4.57 Å². The second-order valence-corrected chi connectivity index (χ2v) is 8.37. The number of nitrogens with zero attached hydrogens (tertiary/aromatic N) is 1. The van der Waals surface area contributed by atoms with Gasteiger partial charge in [0.25, 0.3) is 0 Å². The minimum absolute atomic E-state index is 0.0707. The van der Waals surface area contributed by atoms with Crippen LogP contribution in [-0.2, 0) is 17.8 Å². The zero-order chi connectivity index (χ0) is 14.6. The van der Waals surface area contributed by atoms with Crippen LogP contribution in [0, 0.1) is 5.92 Å². The highest BCUT2D eigenvalue weighted by atomic mass is 32.2. The third-order valence-corrected chi connectivity index (χ3v) is 7.27. The van der Waals surface area contributed by atoms with Gasteiger partial charge >= 0.3 is 0 Å². The van der Waals surface area contributed by atoms with E-state index in [9.17, 15) is 9.00 Å². The zero-order valence-electron chi connectivity index (χ0n) is 12.1. The molecule has 2 saturated heterocycles. The van der Waals surface area contributed by atoms with Gasteiger partial charge in [-0.3, -0.25) is 9.00 Å². The van der Waals surface area contributed by atoms with Crippen LogP contribution in [0.15, 0.2) is 30.5 Å². The van der Waals surface area contributed by atoms with E-state index in [4.69, 9.17) is 0 Å². The summed E-state index contributed by atoms with van der Waals surface area (Å²) < 4.78 is 14.1. The van der Waals surface area contributed by atoms with Gasteiger partial charge in [0.15, 0.2) is 5.78 Å². The first-order chi connectivity index (χ1) is 10.1. The smallest absolute Gasteiger partial charge is 0.166 e. The molecule has 0 aliphatic carbocycles. The summed E-state index contributed by atoms with van der Waals surface area (Å²) in [6.07, 6.45) is 5.73. The van der Waals surface area contributed by atoms with Gasteiger partial charge in [0.1, 0.15) is 0 Å². The van der Waals surface area contributed by atoms with Crippen molar-refractivity contribution in [2.45, 2.75) is 36.2 Å². The third-order valence-electron chi connectivity index (χ3n) is 5.10. The Labute approximate surface area is 126 Å². The number of aromatic nitrogens is 1. The predicted octanol–water partition coefficient (Wildman–Crippen LogP) is 3.05. The molecule has 2 unspecified atom stereocenters. The van der Waals surface area contributed by atoms with Crippen LogP contribution < -0.4 is 0 Å². The minimum atomic E-state index is -0.687. The van der Waals surface area contributed by atoms with Gasteiger partial charge in [-0.25, -0.2) is 0 Å². The van der Waals surface area contributed by atoms with Gasteiger partial charge in [0, 0.05) is 56.9 Å². The fourth-order valence-corrected chi connectivity index (χ4v) is 6.04. The number of hydrogen-bond acceptors (Lipinski definition) is 2. The lowest BCUT2D eigenvalue weighted by atomic mass is 9.90. The number of hydrogen-bond donors (Lipinski definition) is 0. The Balaban J connectivity index is 1.63. The molecule has 2 aliphatic heterocycles. The van der Waals surface area contributed by atoms with Gasteiger partial charge in [-0.1, -0.05) is 0 Å². The third kappa shape index (κ3) is 2.08. The first-order valence-corrected chi connectivity index (χ1v) is 8.90. The minimum Gasteiger partial charge on any atom is -0.351 e. The molecule has 0 N–H and O–H groups in total. The molecule has 2 fully saturated rings. The van der Waals surface area contributed by atoms with E-state index in [0.717, 1.165) is 42.1 Å². The number of ketones is 1. The number of carbonyl (C=O) groups excluding carboxylic acids is 1. The number of aryl methyl sites for hydroxylation is 1. The number of benzene rings is 1. The van der Waals surface area contributed by atoms with Crippen molar-refractivity contribution < 1.29 is 9.00 Å². The van der Waals surface area contributed by atoms with Crippen molar-refractivity contribution >= 4 is 27.5 Å². The van der Waals surface area contributed by atoms with E-state index < -0.39 is 10.8 Å². The number of rotatable bonds is 2. The van der Waals surface area contributed by atoms with Crippen molar-refractivity contribution in [3.63, 3.8) is 0 Å². The highest BCUT2D eigenvalue weighted by Gasteiger charge is 2.42. The molecule has 0 amide bonds. The average Bonchev–Trinajstić information content (AvgIpc) is 2.94. The van der Waals surface area contributed by atoms with Crippen molar-refractivity contribution in [3.05, 3.63) is 36.0 Å². The fourth-order valence-electron chi connectivity index (χ4n) is 3.92. The summed E-state index contributed by atoms with van der Waals surface area (Å²) in [6, 6.07) is 8.02. The van der Waals surface area contributed by atoms with Gasteiger partial charge in [-0.15, -0.1) is 0 Å². The number of carbonyl (C=O) groups is 1. The van der Waals surface area contributed by atoms with Crippen LogP contribution in [0.25, 0.3) is 10.9 Å². The van der Waals surface area contributed by atoms with Crippen LogP contribution in [0.3, 0.4) is 0 Å². The Morgan fingerprint density at radius 2 is 1.90 bits per heavy atom. The lowest BCUT2D eigenvalue weighted by molar-refractivity contribution is 0.0906. The molecule has 1 aromatic heterocycles. The van der Waals surface area contributed by atoms with E-state index in [-0.39, 0.29) is 22.2 Å². The summed E-state index contributed by atoms with van der Waals surface area (Å²) in [6.45, 7) is 0. The Kier molecular flexibility index (Phi) is 3.03. The topological polar surface area (TPSA) is 39.1 Å². The van der Waals surface area contributed by atoms with Crippen LogP contribution in [-0.4, -0.2) is 25.1 Å². The van der Waals surface area contributed by atoms with E-state index in [1.54, 1.807) is 0 Å². The predicted molar refractivity (Wildman–Crippen MR) is 84.9 cm³/mol. The SMILES string of the molecule is Cn1ccc2cc(C(=O)C3CC4CCC(C3)S4=O)ccc21. The molecule has 2 bridgehead atoms. The van der Waals surface area contributed by atoms with E-state index in [0.29, 0.717) is 0 Å². The van der Waals surface area contributed by atoms with Gasteiger partial charge in [0.05, 0.1) is 0 Å². The second-order valence-electron chi connectivity index (χ2n) is 6.38. The van der Waals surface area contributed by atoms with Crippen molar-refractivity contribution in [1.82, 2.24) is 4.57 Å². The Morgan fingerprint density at radius 1 is 1.19 bits per heavy atom. The molecular formula is C17H19NO2S. The van der Waals surface area contributed by atoms with Gasteiger partial charge in [-0.05, 0) is 49.9 Å². The van der Waals surface area contributed by atoms with Gasteiger partial charge < -0.3 is 4.57 Å². The van der Waals surface area contributed by atoms with Crippen molar-refractivity contribution in [3.8, 4) is 0 Å². The van der Waals surface area contributed by atoms with Crippen molar-refractivity contribution in [2.75, 3.05) is 0 Å². The summed E-state index contributed by atoms with van der Waals surface area (Å²) in [7, 11) is 1.33. The Bertz CT molecular complexity index is 732. The van der Waals surface area contributed by atoms with Crippen LogP contribution in [0.2, 0.25) is 0 Å². The van der Waals surface area contributed by atoms with Gasteiger partial charge in [-0.2, -0.15) is 0 Å². The molecule has 21 heavy (non-hydrogen) atoms. The van der Waals surface area contributed by atoms with Crippen molar-refractivity contribution in [1.29, 1.82) is 0 Å². The molecule has 3 heterocycles. The van der Waals surface area contributed by atoms with Crippen LogP contribution >= 0.6 is 0 Å². The normalized spacial score (nSPS) is 31.7. The fraction of sp³-hybridized carbons (Fsp3) is 0.471. The number of Topliss-reactive ketones (excluding diaryl/α,β-unsaturated/α-hetero) is 1. The molecule has 4 heteroatoms. The molecule has 0 radical (unpaired) electrons. The first kappa shape index (κ1) is 13.3. The highest BCUT2D eigenvalue weighted by Crippen LogP contribution is 2.40. The molecule has 110 valence electrons. The molecular weight excluding hydrogens is 282 g/mol. The zero-order valence-corrected chi connectivity index (χ0v) is 12.9. The standard InChI is InChI=1S/C17H19NO2S/c1-18-7-6-11-8-12(2-5-16(11)18)17(19)13-9-14-3-4-15(10-13)21(14)20/h2,5-8,13-15H,3-4,9-10H2,1H3. The van der Waals surface area contributed by atoms with Crippen LogP contribution in [0.4, 0.5) is 0 Å². The molecule has 1 aromatic carbocycles. The van der Waals surface area contributed by atoms with Crippen molar-refractivity contribution in [2.24, 2.45) is 13.0 Å². The first-order valence-electron chi connectivity index (χ1n) is 7.62. The molecule has 2 aliphatic rings. The Hall–Kier alpha value is -1.42. The molecule has 2 atom stereocenters. The van der Waals surface area contributed by atoms with E-state index in [1.807, 2.05) is 37.5 Å². The molecule has 4 rings (SSSR count). The van der Waals surface area contributed by atoms with E-state index in [1.165, 1.54) is 0 Å². The summed E-state index contributed by atoms with van der Waals surface area (Å²) in [4.78, 5) is 12.8. The highest BCUT2D eigenvalue weighted by molar-refractivity contribution is 7.86. The monoisotopic (exact) mass is 301 g/mol. The van der Waals surface area contributed by atoms with E-state index >= 15 is 0 Å². The molecule has 2 aromatic rings. The maximum Gasteiger partial charge on any atom is 0.166 e. The summed E-state index contributed by atoms with van der Waals surface area (Å²) in [5, 5.41) is 1.64.